The van der Waals surface area contributed by atoms with Crippen LogP contribution in [-0.4, -0.2) is 26.5 Å². The number of alkyl halides is 3. The third kappa shape index (κ3) is 5.05. The van der Waals surface area contributed by atoms with Crippen molar-refractivity contribution < 1.29 is 17.9 Å². The molecule has 0 saturated carbocycles. The molecule has 0 aliphatic carbocycles. The average Bonchev–Trinajstić information content (AvgIpc) is 3.30. The highest BCUT2D eigenvalue weighted by Crippen LogP contribution is 2.30. The molecule has 0 radical (unpaired) electrons. The van der Waals surface area contributed by atoms with Gasteiger partial charge in [0.15, 0.2) is 4.34 Å². The topological polar surface area (TPSA) is 92.8 Å². The van der Waals surface area contributed by atoms with E-state index < -0.39 is 6.36 Å². The summed E-state index contributed by atoms with van der Waals surface area (Å²) in [6.45, 7) is 0. The molecule has 13 heteroatoms. The number of fused-ring (bicyclic) bond motifs is 1. The van der Waals surface area contributed by atoms with E-state index in [1.165, 1.54) is 58.7 Å². The molecule has 0 atom stereocenters. The summed E-state index contributed by atoms with van der Waals surface area (Å²) in [7, 11) is 0. The molecule has 0 amide bonds. The van der Waals surface area contributed by atoms with Gasteiger partial charge in [-0.05, 0) is 35.7 Å². The quantitative estimate of drug-likeness (QED) is 0.403. The van der Waals surface area contributed by atoms with Gasteiger partial charge in [-0.25, -0.2) is 4.98 Å². The van der Waals surface area contributed by atoms with E-state index in [2.05, 4.69) is 30.2 Å². The number of aromatic nitrogens is 4. The first-order chi connectivity index (χ1) is 13.9. The van der Waals surface area contributed by atoms with Crippen molar-refractivity contribution in [3.63, 3.8) is 0 Å². The lowest BCUT2D eigenvalue weighted by molar-refractivity contribution is -0.274. The van der Waals surface area contributed by atoms with E-state index in [-0.39, 0.29) is 11.3 Å². The Hall–Kier alpha value is -2.64. The predicted molar refractivity (Wildman–Crippen MR) is 106 cm³/mol. The summed E-state index contributed by atoms with van der Waals surface area (Å²) >= 11 is 3.98. The van der Waals surface area contributed by atoms with Gasteiger partial charge in [0.1, 0.15) is 16.3 Å². The fraction of sp³-hybridized carbons (Fsp3) is 0.125. The molecule has 0 aliphatic heterocycles. The first-order valence-electron chi connectivity index (χ1n) is 7.91. The van der Waals surface area contributed by atoms with Crippen LogP contribution in [0.2, 0.25) is 0 Å². The van der Waals surface area contributed by atoms with Crippen molar-refractivity contribution >= 4 is 55.5 Å². The average molecular weight is 457 g/mol. The number of aromatic amines is 1. The maximum atomic E-state index is 12.2. The van der Waals surface area contributed by atoms with Crippen LogP contribution in [0.5, 0.6) is 5.75 Å². The molecule has 4 aromatic rings. The summed E-state index contributed by atoms with van der Waals surface area (Å²) in [6, 6.07) is 7.09. The van der Waals surface area contributed by atoms with E-state index >= 15 is 0 Å². The predicted octanol–water partition coefficient (Wildman–Crippen LogP) is 4.77. The van der Waals surface area contributed by atoms with Gasteiger partial charge in [0, 0.05) is 5.69 Å². The maximum Gasteiger partial charge on any atom is 0.573 e. The van der Waals surface area contributed by atoms with Gasteiger partial charge in [0.25, 0.3) is 5.56 Å². The lowest BCUT2D eigenvalue weighted by Crippen LogP contribution is -2.16. The Morgan fingerprint density at radius 3 is 2.72 bits per heavy atom. The van der Waals surface area contributed by atoms with E-state index in [0.717, 1.165) is 0 Å². The fourth-order valence-electron chi connectivity index (χ4n) is 2.30. The van der Waals surface area contributed by atoms with Crippen molar-refractivity contribution in [2.75, 3.05) is 5.32 Å². The molecule has 2 N–H and O–H groups in total. The van der Waals surface area contributed by atoms with E-state index in [9.17, 15) is 18.0 Å². The van der Waals surface area contributed by atoms with E-state index in [1.807, 2.05) is 5.38 Å². The lowest BCUT2D eigenvalue weighted by atomic mass is 10.3. The molecule has 7 nitrogen and oxygen atoms in total. The van der Waals surface area contributed by atoms with Crippen molar-refractivity contribution in [1.29, 1.82) is 0 Å². The molecule has 3 aromatic heterocycles. The number of ether oxygens (including phenoxy) is 1. The molecule has 150 valence electrons. The van der Waals surface area contributed by atoms with Gasteiger partial charge in [0.05, 0.1) is 11.3 Å². The van der Waals surface area contributed by atoms with Crippen LogP contribution in [0.25, 0.3) is 10.2 Å². The molecule has 4 rings (SSSR count). The summed E-state index contributed by atoms with van der Waals surface area (Å²) in [5.41, 5.74) is 1.03. The van der Waals surface area contributed by atoms with E-state index in [0.29, 0.717) is 37.0 Å². The van der Waals surface area contributed by atoms with E-state index in [1.54, 1.807) is 6.07 Å². The highest BCUT2D eigenvalue weighted by Gasteiger charge is 2.30. The molecule has 0 unspecified atom stereocenters. The minimum absolute atomic E-state index is 0.168. The molecule has 1 aromatic carbocycles. The van der Waals surface area contributed by atoms with Gasteiger partial charge >= 0.3 is 6.36 Å². The minimum Gasteiger partial charge on any atom is -0.406 e. The van der Waals surface area contributed by atoms with Gasteiger partial charge in [-0.15, -0.1) is 34.7 Å². The Labute approximate surface area is 173 Å². The minimum atomic E-state index is -4.73. The van der Waals surface area contributed by atoms with Crippen LogP contribution >= 0.6 is 34.4 Å². The van der Waals surface area contributed by atoms with Crippen molar-refractivity contribution in [3.8, 4) is 5.75 Å². The summed E-state index contributed by atoms with van der Waals surface area (Å²) < 4.78 is 41.6. The van der Waals surface area contributed by atoms with Gasteiger partial charge < -0.3 is 15.0 Å². The summed E-state index contributed by atoms with van der Waals surface area (Å²) in [5.74, 6) is 0.649. The fourth-order valence-corrected chi connectivity index (χ4v) is 4.67. The van der Waals surface area contributed by atoms with Crippen LogP contribution < -0.4 is 15.6 Å². The highest BCUT2D eigenvalue weighted by atomic mass is 32.2. The lowest BCUT2D eigenvalue weighted by Gasteiger charge is -2.09. The third-order valence-electron chi connectivity index (χ3n) is 3.44. The third-order valence-corrected chi connectivity index (χ3v) is 6.33. The Kier molecular flexibility index (Phi) is 5.43. The highest BCUT2D eigenvalue weighted by molar-refractivity contribution is 8.00. The number of thiophene rings is 1. The molecule has 3 heterocycles. The summed E-state index contributed by atoms with van der Waals surface area (Å²) in [6.07, 6.45) is -4.73. The second kappa shape index (κ2) is 8.00. The standard InChI is InChI=1S/C16H10F3N5O2S3/c17-16(18,19)26-9-3-1-8(2-4-9)20-14-23-24-15(29-14)28-7-11-21-10-5-6-27-12(10)13(25)22-11/h1-6H,7H2,(H,20,23)(H,21,22,25). The smallest absolute Gasteiger partial charge is 0.406 e. The Morgan fingerprint density at radius 1 is 1.17 bits per heavy atom. The van der Waals surface area contributed by atoms with Crippen molar-refractivity contribution in [2.45, 2.75) is 16.5 Å². The monoisotopic (exact) mass is 457 g/mol. The maximum absolute atomic E-state index is 12.2. The van der Waals surface area contributed by atoms with Crippen molar-refractivity contribution in [3.05, 3.63) is 51.9 Å². The van der Waals surface area contributed by atoms with Crippen LogP contribution in [0.3, 0.4) is 0 Å². The Morgan fingerprint density at radius 2 is 1.97 bits per heavy atom. The zero-order valence-electron chi connectivity index (χ0n) is 14.2. The van der Waals surface area contributed by atoms with Crippen LogP contribution in [0.15, 0.2) is 44.8 Å². The second-order valence-corrected chi connectivity index (χ2v) is 8.62. The van der Waals surface area contributed by atoms with E-state index in [4.69, 9.17) is 0 Å². The van der Waals surface area contributed by atoms with Gasteiger partial charge in [-0.2, -0.15) is 0 Å². The van der Waals surface area contributed by atoms with Gasteiger partial charge in [-0.1, -0.05) is 23.1 Å². The number of H-pyrrole nitrogens is 1. The van der Waals surface area contributed by atoms with Crippen molar-refractivity contribution in [1.82, 2.24) is 20.2 Å². The number of hydrogen-bond donors (Lipinski definition) is 2. The summed E-state index contributed by atoms with van der Waals surface area (Å²) in [5, 5.41) is 13.3. The van der Waals surface area contributed by atoms with Gasteiger partial charge in [-0.3, -0.25) is 4.79 Å². The molecular formula is C16H10F3N5O2S3. The van der Waals surface area contributed by atoms with Crippen LogP contribution in [0.1, 0.15) is 5.82 Å². The number of halogens is 3. The van der Waals surface area contributed by atoms with Crippen LogP contribution in [0, 0.1) is 0 Å². The number of nitrogens with zero attached hydrogens (tertiary/aromatic N) is 3. The van der Waals surface area contributed by atoms with Crippen molar-refractivity contribution in [2.24, 2.45) is 0 Å². The number of thioether (sulfide) groups is 1. The second-order valence-electron chi connectivity index (χ2n) is 5.51. The number of rotatable bonds is 6. The largest absolute Gasteiger partial charge is 0.573 e. The zero-order chi connectivity index (χ0) is 20.4. The Bertz CT molecular complexity index is 1190. The SMILES string of the molecule is O=c1[nH]c(CSc2nnc(Nc3ccc(OC(F)(F)F)cc3)s2)nc2ccsc12. The number of hydrogen-bond acceptors (Lipinski definition) is 9. The first-order valence-corrected chi connectivity index (χ1v) is 10.6. The number of nitrogens with one attached hydrogen (secondary N) is 2. The van der Waals surface area contributed by atoms with Crippen LogP contribution in [0.4, 0.5) is 24.0 Å². The molecule has 0 bridgehead atoms. The summed E-state index contributed by atoms with van der Waals surface area (Å²) in [4.78, 5) is 19.1. The number of anilines is 2. The zero-order valence-corrected chi connectivity index (χ0v) is 16.6. The van der Waals surface area contributed by atoms with Gasteiger partial charge in [0.2, 0.25) is 5.13 Å². The van der Waals surface area contributed by atoms with Crippen LogP contribution in [-0.2, 0) is 5.75 Å². The molecular weight excluding hydrogens is 447 g/mol. The molecule has 0 saturated heterocycles. The molecule has 0 fully saturated rings. The molecule has 0 spiro atoms. The molecule has 0 aliphatic rings. The Balaban J connectivity index is 1.37. The number of benzene rings is 1. The molecule has 29 heavy (non-hydrogen) atoms. The first kappa shape index (κ1) is 19.7. The normalized spacial score (nSPS) is 11.7.